The van der Waals surface area contributed by atoms with Crippen LogP contribution in [0.3, 0.4) is 0 Å². The van der Waals surface area contributed by atoms with Crippen LogP contribution in [-0.2, 0) is 14.3 Å². The van der Waals surface area contributed by atoms with Crippen molar-refractivity contribution in [3.63, 3.8) is 0 Å². The number of nitrogens with one attached hydrogen (secondary N) is 1. The number of ether oxygens (including phenoxy) is 2. The average Bonchev–Trinajstić information content (AvgIpc) is 2.59. The molecule has 0 aromatic heterocycles. The smallest absolute Gasteiger partial charge is 0.413 e. The molecule has 2 amide bonds. The Labute approximate surface area is 142 Å². The van der Waals surface area contributed by atoms with E-state index >= 15 is 0 Å². The van der Waals surface area contributed by atoms with Crippen LogP contribution in [0.1, 0.15) is 6.92 Å². The minimum Gasteiger partial charge on any atom is -0.449 e. The maximum atomic E-state index is 12.1. The van der Waals surface area contributed by atoms with E-state index in [1.165, 1.54) is 6.20 Å². The van der Waals surface area contributed by atoms with Gasteiger partial charge in [0.2, 0.25) is 0 Å². The predicted octanol–water partition coefficient (Wildman–Crippen LogP) is -0.741. The molecule has 0 spiro atoms. The zero-order valence-corrected chi connectivity index (χ0v) is 14.0. The molecule has 0 aromatic rings. The summed E-state index contributed by atoms with van der Waals surface area (Å²) < 4.78 is 10.1. The summed E-state index contributed by atoms with van der Waals surface area (Å²) in [4.78, 5) is 27.1. The monoisotopic (exact) mass is 339 g/mol. The number of hydrogen-bond donors (Lipinski definition) is 2. The Kier molecular flexibility index (Phi) is 9.45. The third-order valence-corrected chi connectivity index (χ3v) is 3.34. The van der Waals surface area contributed by atoms with Gasteiger partial charge in [-0.3, -0.25) is 14.6 Å². The summed E-state index contributed by atoms with van der Waals surface area (Å²) in [5.74, 6) is -0.530. The summed E-state index contributed by atoms with van der Waals surface area (Å²) in [6.45, 7) is 6.32. The highest BCUT2D eigenvalue weighted by atomic mass is 16.6. The Bertz CT molecular complexity index is 483. The molecular weight excluding hydrogens is 314 g/mol. The minimum absolute atomic E-state index is 0.158. The summed E-state index contributed by atoms with van der Waals surface area (Å²) in [5.41, 5.74) is 5.27. The number of amides is 2. The van der Waals surface area contributed by atoms with E-state index in [1.54, 1.807) is 13.0 Å². The van der Waals surface area contributed by atoms with E-state index in [0.29, 0.717) is 26.3 Å². The lowest BCUT2D eigenvalue weighted by molar-refractivity contribution is -0.117. The van der Waals surface area contributed by atoms with Crippen molar-refractivity contribution in [1.29, 1.82) is 5.26 Å². The zero-order chi connectivity index (χ0) is 17.8. The van der Waals surface area contributed by atoms with Crippen LogP contribution >= 0.6 is 0 Å². The molecule has 0 saturated carbocycles. The molecule has 134 valence electrons. The molecule has 1 fully saturated rings. The Balaban J connectivity index is 2.55. The maximum Gasteiger partial charge on any atom is 0.413 e. The first kappa shape index (κ1) is 19.9. The largest absolute Gasteiger partial charge is 0.449 e. The molecule has 24 heavy (non-hydrogen) atoms. The van der Waals surface area contributed by atoms with Gasteiger partial charge in [0, 0.05) is 45.5 Å². The van der Waals surface area contributed by atoms with Crippen LogP contribution < -0.4 is 11.1 Å². The van der Waals surface area contributed by atoms with Gasteiger partial charge in [-0.05, 0) is 6.92 Å². The first-order valence-electron chi connectivity index (χ1n) is 7.96. The van der Waals surface area contributed by atoms with Crippen molar-refractivity contribution < 1.29 is 19.1 Å². The number of rotatable bonds is 8. The second kappa shape index (κ2) is 11.4. The third-order valence-electron chi connectivity index (χ3n) is 3.34. The second-order valence-electron chi connectivity index (χ2n) is 5.05. The van der Waals surface area contributed by atoms with E-state index in [-0.39, 0.29) is 25.3 Å². The molecule has 9 heteroatoms. The fourth-order valence-corrected chi connectivity index (χ4v) is 2.10. The molecule has 1 aliphatic heterocycles. The standard InChI is InChI=1S/C15H25N5O4/c1-2-24-15(22)20(5-3-16)12-13(11-17)14(21)18-4-6-19-7-9-23-10-8-19/h12H,2-10,16H2,1H3,(H,18,21)/b13-12-. The number of nitrogens with zero attached hydrogens (tertiary/aromatic N) is 3. The number of nitrogens with two attached hydrogens (primary N) is 1. The van der Waals surface area contributed by atoms with Crippen molar-refractivity contribution >= 4 is 12.0 Å². The molecule has 0 unspecified atom stereocenters. The zero-order valence-electron chi connectivity index (χ0n) is 14.0. The highest BCUT2D eigenvalue weighted by Crippen LogP contribution is 2.01. The Hall–Kier alpha value is -2.15. The van der Waals surface area contributed by atoms with Gasteiger partial charge in [-0.1, -0.05) is 0 Å². The summed E-state index contributed by atoms with van der Waals surface area (Å²) in [5, 5.41) is 11.8. The molecule has 0 atom stereocenters. The lowest BCUT2D eigenvalue weighted by Gasteiger charge is -2.26. The molecule has 1 aliphatic rings. The van der Waals surface area contributed by atoms with Crippen molar-refractivity contribution in [3.05, 3.63) is 11.8 Å². The topological polar surface area (TPSA) is 121 Å². The van der Waals surface area contributed by atoms with Gasteiger partial charge in [-0.2, -0.15) is 5.26 Å². The van der Waals surface area contributed by atoms with Gasteiger partial charge < -0.3 is 20.5 Å². The first-order chi connectivity index (χ1) is 11.6. The maximum absolute atomic E-state index is 12.1. The number of carbonyl (C=O) groups is 2. The number of carbonyl (C=O) groups excluding carboxylic acids is 2. The molecule has 1 rings (SSSR count). The molecule has 3 N–H and O–H groups in total. The van der Waals surface area contributed by atoms with Gasteiger partial charge in [0.15, 0.2) is 0 Å². The molecule has 1 heterocycles. The Morgan fingerprint density at radius 2 is 2.17 bits per heavy atom. The lowest BCUT2D eigenvalue weighted by Crippen LogP contribution is -2.41. The van der Waals surface area contributed by atoms with Crippen LogP contribution in [0.4, 0.5) is 4.79 Å². The predicted molar refractivity (Wildman–Crippen MR) is 86.7 cm³/mol. The average molecular weight is 339 g/mol. The van der Waals surface area contributed by atoms with Crippen molar-refractivity contribution in [3.8, 4) is 6.07 Å². The molecule has 0 radical (unpaired) electrons. The lowest BCUT2D eigenvalue weighted by atomic mass is 10.3. The van der Waals surface area contributed by atoms with Crippen molar-refractivity contribution in [1.82, 2.24) is 15.1 Å². The first-order valence-corrected chi connectivity index (χ1v) is 7.96. The molecule has 0 aliphatic carbocycles. The van der Waals surface area contributed by atoms with E-state index in [4.69, 9.17) is 20.5 Å². The third kappa shape index (κ3) is 6.95. The summed E-state index contributed by atoms with van der Waals surface area (Å²) in [7, 11) is 0. The van der Waals surface area contributed by atoms with E-state index in [1.807, 2.05) is 0 Å². The minimum atomic E-state index is -0.642. The van der Waals surface area contributed by atoms with Gasteiger partial charge in [-0.25, -0.2) is 4.79 Å². The Morgan fingerprint density at radius 1 is 1.46 bits per heavy atom. The number of hydrogen-bond acceptors (Lipinski definition) is 7. The van der Waals surface area contributed by atoms with Gasteiger partial charge in [0.25, 0.3) is 5.91 Å². The highest BCUT2D eigenvalue weighted by molar-refractivity contribution is 5.97. The van der Waals surface area contributed by atoms with Gasteiger partial charge >= 0.3 is 6.09 Å². The molecule has 0 aromatic carbocycles. The molecular formula is C15H25N5O4. The van der Waals surface area contributed by atoms with Gasteiger partial charge in [0.1, 0.15) is 11.6 Å². The van der Waals surface area contributed by atoms with E-state index < -0.39 is 12.0 Å². The summed E-state index contributed by atoms with van der Waals surface area (Å²) >= 11 is 0. The Morgan fingerprint density at radius 3 is 2.75 bits per heavy atom. The molecule has 0 bridgehead atoms. The van der Waals surface area contributed by atoms with Crippen LogP contribution in [0.25, 0.3) is 0 Å². The fraction of sp³-hybridized carbons (Fsp3) is 0.667. The quantitative estimate of drug-likeness (QED) is 0.441. The van der Waals surface area contributed by atoms with Crippen LogP contribution in [-0.4, -0.2) is 80.9 Å². The molecule has 1 saturated heterocycles. The van der Waals surface area contributed by atoms with E-state index in [0.717, 1.165) is 18.0 Å². The van der Waals surface area contributed by atoms with Crippen LogP contribution in [0.2, 0.25) is 0 Å². The van der Waals surface area contributed by atoms with Gasteiger partial charge in [0.05, 0.1) is 19.8 Å². The summed E-state index contributed by atoms with van der Waals surface area (Å²) in [6.07, 6.45) is 0.534. The van der Waals surface area contributed by atoms with Crippen molar-refractivity contribution in [2.45, 2.75) is 6.92 Å². The van der Waals surface area contributed by atoms with E-state index in [2.05, 4.69) is 10.2 Å². The number of nitriles is 1. The van der Waals surface area contributed by atoms with E-state index in [9.17, 15) is 9.59 Å². The van der Waals surface area contributed by atoms with Gasteiger partial charge in [-0.15, -0.1) is 0 Å². The number of morpholine rings is 1. The second-order valence-corrected chi connectivity index (χ2v) is 5.05. The van der Waals surface area contributed by atoms with Crippen LogP contribution in [0, 0.1) is 11.3 Å². The van der Waals surface area contributed by atoms with Crippen LogP contribution in [0.5, 0.6) is 0 Å². The molecule has 9 nitrogen and oxygen atoms in total. The highest BCUT2D eigenvalue weighted by Gasteiger charge is 2.17. The van der Waals surface area contributed by atoms with Crippen molar-refractivity contribution in [2.24, 2.45) is 5.73 Å². The fourth-order valence-electron chi connectivity index (χ4n) is 2.10. The SMILES string of the molecule is CCOC(=O)N(/C=C(/C#N)C(=O)NCCN1CCOCC1)CCN. The summed E-state index contributed by atoms with van der Waals surface area (Å²) in [6, 6.07) is 1.80. The normalized spacial score (nSPS) is 15.5. The van der Waals surface area contributed by atoms with Crippen LogP contribution in [0.15, 0.2) is 11.8 Å². The van der Waals surface area contributed by atoms with Crippen molar-refractivity contribution in [2.75, 3.05) is 59.1 Å².